The molecular formula is C28H24N2O6S. The van der Waals surface area contributed by atoms with E-state index in [1.807, 2.05) is 0 Å². The maximum Gasteiger partial charge on any atom is 0.337 e. The first-order valence-corrected chi connectivity index (χ1v) is 12.7. The fourth-order valence-corrected chi connectivity index (χ4v) is 5.46. The Morgan fingerprint density at radius 2 is 1.78 bits per heavy atom. The van der Waals surface area contributed by atoms with Gasteiger partial charge in [-0.2, -0.15) is 0 Å². The number of aromatic carboxylic acids is 1. The number of aryl methyl sites for hydroxylation is 1. The Morgan fingerprint density at radius 3 is 2.46 bits per heavy atom. The second kappa shape index (κ2) is 10.6. The van der Waals surface area contributed by atoms with Gasteiger partial charge in [0.2, 0.25) is 9.84 Å². The summed E-state index contributed by atoms with van der Waals surface area (Å²) < 4.78 is 31.7. The Labute approximate surface area is 214 Å². The van der Waals surface area contributed by atoms with Gasteiger partial charge in [0.1, 0.15) is 5.75 Å². The summed E-state index contributed by atoms with van der Waals surface area (Å²) >= 11 is 0. The first-order chi connectivity index (χ1) is 17.8. The molecule has 3 aromatic carbocycles. The van der Waals surface area contributed by atoms with Gasteiger partial charge in [-0.15, -0.1) is 0 Å². The number of anilines is 1. The van der Waals surface area contributed by atoms with Crippen LogP contribution in [-0.4, -0.2) is 37.9 Å². The Hall–Kier alpha value is -4.50. The van der Waals surface area contributed by atoms with Gasteiger partial charge in [-0.05, 0) is 66.1 Å². The SMILES string of the molecule is COc1ccc(S(=O)(=O)c2ncccc2CNc2c(C)cc(-c3ccccc3C=O)cc2C(=O)O)cc1. The molecule has 37 heavy (non-hydrogen) atoms. The standard InChI is InChI=1S/C28H24N2O6S/c1-18-14-21(24-8-4-3-6-20(24)17-31)15-25(28(32)33)26(18)30-16-19-7-5-13-29-27(19)37(34,35)23-11-9-22(36-2)10-12-23/h3-15,17,30H,16H2,1-2H3,(H,32,33). The molecule has 0 radical (unpaired) electrons. The summed E-state index contributed by atoms with van der Waals surface area (Å²) in [6, 6.07) is 19.5. The highest BCUT2D eigenvalue weighted by Gasteiger charge is 2.24. The summed E-state index contributed by atoms with van der Waals surface area (Å²) in [7, 11) is -2.45. The van der Waals surface area contributed by atoms with Gasteiger partial charge < -0.3 is 15.2 Å². The number of carbonyl (C=O) groups is 2. The van der Waals surface area contributed by atoms with Crippen LogP contribution >= 0.6 is 0 Å². The number of aldehydes is 1. The van der Waals surface area contributed by atoms with Crippen molar-refractivity contribution in [1.29, 1.82) is 0 Å². The van der Waals surface area contributed by atoms with E-state index in [2.05, 4.69) is 10.3 Å². The molecule has 0 atom stereocenters. The fourth-order valence-electron chi connectivity index (χ4n) is 4.06. The van der Waals surface area contributed by atoms with E-state index in [1.54, 1.807) is 61.5 Å². The number of rotatable bonds is 9. The lowest BCUT2D eigenvalue weighted by Gasteiger charge is -2.17. The molecule has 1 heterocycles. The van der Waals surface area contributed by atoms with Crippen LogP contribution in [0.1, 0.15) is 31.8 Å². The minimum absolute atomic E-state index is 0.000783. The first-order valence-electron chi connectivity index (χ1n) is 11.3. The molecule has 0 unspecified atom stereocenters. The average Bonchev–Trinajstić information content (AvgIpc) is 2.92. The van der Waals surface area contributed by atoms with Gasteiger partial charge in [0.25, 0.3) is 0 Å². The van der Waals surface area contributed by atoms with Crippen molar-refractivity contribution in [3.05, 3.63) is 101 Å². The van der Waals surface area contributed by atoms with E-state index < -0.39 is 15.8 Å². The van der Waals surface area contributed by atoms with Gasteiger partial charge in [0.15, 0.2) is 11.3 Å². The summed E-state index contributed by atoms with van der Waals surface area (Å²) in [6.45, 7) is 1.77. The van der Waals surface area contributed by atoms with Crippen molar-refractivity contribution in [3.8, 4) is 16.9 Å². The molecule has 8 nitrogen and oxygen atoms in total. The van der Waals surface area contributed by atoms with Gasteiger partial charge in [0.05, 0.1) is 23.3 Å². The third kappa shape index (κ3) is 5.22. The summed E-state index contributed by atoms with van der Waals surface area (Å²) in [5.74, 6) is -0.633. The highest BCUT2D eigenvalue weighted by molar-refractivity contribution is 7.91. The Balaban J connectivity index is 1.70. The third-order valence-electron chi connectivity index (χ3n) is 5.89. The number of benzene rings is 3. The number of nitrogens with one attached hydrogen (secondary N) is 1. The number of methoxy groups -OCH3 is 1. The number of carbonyl (C=O) groups excluding carboxylic acids is 1. The van der Waals surface area contributed by atoms with Crippen LogP contribution in [0.2, 0.25) is 0 Å². The zero-order valence-electron chi connectivity index (χ0n) is 20.1. The number of aromatic nitrogens is 1. The maximum atomic E-state index is 13.3. The van der Waals surface area contributed by atoms with E-state index in [0.29, 0.717) is 39.3 Å². The highest BCUT2D eigenvalue weighted by atomic mass is 32.2. The number of carboxylic acid groups (broad SMARTS) is 1. The highest BCUT2D eigenvalue weighted by Crippen LogP contribution is 2.32. The predicted octanol–water partition coefficient (Wildman–Crippen LogP) is 5.02. The number of hydrogen-bond donors (Lipinski definition) is 2. The molecule has 0 aliphatic rings. The molecule has 0 fully saturated rings. The monoisotopic (exact) mass is 516 g/mol. The van der Waals surface area contributed by atoms with Gasteiger partial charge >= 0.3 is 5.97 Å². The molecule has 0 bridgehead atoms. The normalized spacial score (nSPS) is 11.1. The number of nitrogens with zero attached hydrogens (tertiary/aromatic N) is 1. The number of ether oxygens (including phenoxy) is 1. The predicted molar refractivity (Wildman–Crippen MR) is 139 cm³/mol. The minimum atomic E-state index is -3.94. The lowest BCUT2D eigenvalue weighted by molar-refractivity contribution is 0.0697. The summed E-state index contributed by atoms with van der Waals surface area (Å²) in [4.78, 5) is 27.8. The van der Waals surface area contributed by atoms with Crippen LogP contribution in [0.25, 0.3) is 11.1 Å². The summed E-state index contributed by atoms with van der Waals surface area (Å²) in [5.41, 5.74) is 3.00. The molecular weight excluding hydrogens is 492 g/mol. The lowest BCUT2D eigenvalue weighted by atomic mass is 9.95. The van der Waals surface area contributed by atoms with Crippen molar-refractivity contribution >= 4 is 27.8 Å². The van der Waals surface area contributed by atoms with E-state index in [9.17, 15) is 23.1 Å². The smallest absolute Gasteiger partial charge is 0.337 e. The van der Waals surface area contributed by atoms with Gasteiger partial charge in [-0.25, -0.2) is 18.2 Å². The van der Waals surface area contributed by atoms with Crippen LogP contribution < -0.4 is 10.1 Å². The van der Waals surface area contributed by atoms with Gasteiger partial charge in [-0.1, -0.05) is 30.3 Å². The average molecular weight is 517 g/mol. The minimum Gasteiger partial charge on any atom is -0.497 e. The van der Waals surface area contributed by atoms with E-state index in [0.717, 1.165) is 6.29 Å². The van der Waals surface area contributed by atoms with Crippen molar-refractivity contribution < 1.29 is 27.9 Å². The van der Waals surface area contributed by atoms with E-state index in [4.69, 9.17) is 4.74 Å². The number of carboxylic acids is 1. The molecule has 0 saturated heterocycles. The summed E-state index contributed by atoms with van der Waals surface area (Å²) in [6.07, 6.45) is 2.12. The maximum absolute atomic E-state index is 13.3. The molecule has 0 saturated carbocycles. The van der Waals surface area contributed by atoms with Crippen molar-refractivity contribution in [2.24, 2.45) is 0 Å². The third-order valence-corrected chi connectivity index (χ3v) is 7.66. The van der Waals surface area contributed by atoms with Crippen LogP contribution in [0, 0.1) is 6.92 Å². The molecule has 0 aliphatic carbocycles. The molecule has 0 amide bonds. The van der Waals surface area contributed by atoms with Crippen molar-refractivity contribution in [1.82, 2.24) is 4.98 Å². The zero-order valence-corrected chi connectivity index (χ0v) is 21.0. The summed E-state index contributed by atoms with van der Waals surface area (Å²) in [5, 5.41) is 12.9. The molecule has 188 valence electrons. The van der Waals surface area contributed by atoms with E-state index >= 15 is 0 Å². The van der Waals surface area contributed by atoms with Crippen LogP contribution in [0.5, 0.6) is 5.75 Å². The molecule has 9 heteroatoms. The molecule has 2 N–H and O–H groups in total. The van der Waals surface area contributed by atoms with Crippen LogP contribution in [0.4, 0.5) is 5.69 Å². The topological polar surface area (TPSA) is 123 Å². The number of sulfone groups is 1. The largest absolute Gasteiger partial charge is 0.497 e. The van der Waals surface area contributed by atoms with E-state index in [1.165, 1.54) is 31.5 Å². The molecule has 0 aliphatic heterocycles. The van der Waals surface area contributed by atoms with Crippen molar-refractivity contribution in [2.45, 2.75) is 23.4 Å². The van der Waals surface area contributed by atoms with Crippen molar-refractivity contribution in [2.75, 3.05) is 12.4 Å². The fraction of sp³-hybridized carbons (Fsp3) is 0.107. The zero-order chi connectivity index (χ0) is 26.6. The lowest BCUT2D eigenvalue weighted by Crippen LogP contribution is -2.13. The number of pyridine rings is 1. The number of hydrogen-bond acceptors (Lipinski definition) is 7. The quantitative estimate of drug-likeness (QED) is 0.297. The molecule has 0 spiro atoms. The molecule has 4 aromatic rings. The molecule has 4 rings (SSSR count). The van der Waals surface area contributed by atoms with Crippen LogP contribution in [0.15, 0.2) is 88.9 Å². The molecule has 1 aromatic heterocycles. The second-order valence-electron chi connectivity index (χ2n) is 8.23. The van der Waals surface area contributed by atoms with Crippen LogP contribution in [0.3, 0.4) is 0 Å². The Morgan fingerprint density at radius 1 is 1.05 bits per heavy atom. The van der Waals surface area contributed by atoms with Crippen molar-refractivity contribution in [3.63, 3.8) is 0 Å². The Bertz CT molecular complexity index is 1580. The second-order valence-corrected chi connectivity index (χ2v) is 10.1. The Kier molecular flexibility index (Phi) is 7.35. The van der Waals surface area contributed by atoms with E-state index in [-0.39, 0.29) is 22.0 Å². The van der Waals surface area contributed by atoms with Gasteiger partial charge in [-0.3, -0.25) is 4.79 Å². The van der Waals surface area contributed by atoms with Gasteiger partial charge in [0, 0.05) is 23.9 Å². The first kappa shape index (κ1) is 25.6. The van der Waals surface area contributed by atoms with Crippen LogP contribution in [-0.2, 0) is 16.4 Å².